The predicted molar refractivity (Wildman–Crippen MR) is 70.8 cm³/mol. The minimum absolute atomic E-state index is 0.0314. The van der Waals surface area contributed by atoms with E-state index in [1.165, 1.54) is 5.56 Å². The topological polar surface area (TPSA) is 29.5 Å². The molecule has 2 atom stereocenters. The number of hydrogen-bond donors (Lipinski definition) is 1. The Morgan fingerprint density at radius 1 is 1.11 bits per heavy atom. The van der Waals surface area contributed by atoms with Crippen LogP contribution in [0, 0.1) is 6.92 Å². The summed E-state index contributed by atoms with van der Waals surface area (Å²) in [6.07, 6.45) is -0.505. The maximum atomic E-state index is 10.5. The molecule has 0 saturated carbocycles. The van der Waals surface area contributed by atoms with Crippen LogP contribution in [-0.2, 0) is 0 Å². The van der Waals surface area contributed by atoms with Gasteiger partial charge in [0, 0.05) is 5.56 Å². The number of hydrogen-bond acceptors (Lipinski definition) is 2. The summed E-state index contributed by atoms with van der Waals surface area (Å²) < 4.78 is 5.62. The molecule has 0 saturated heterocycles. The highest BCUT2D eigenvalue weighted by Crippen LogP contribution is 2.40. The Morgan fingerprint density at radius 3 is 2.61 bits per heavy atom. The van der Waals surface area contributed by atoms with E-state index in [-0.39, 0.29) is 5.92 Å². The van der Waals surface area contributed by atoms with Gasteiger partial charge in [0.25, 0.3) is 0 Å². The number of aliphatic hydroxyl groups excluding tert-OH is 1. The van der Waals surface area contributed by atoms with Gasteiger partial charge in [0.1, 0.15) is 5.75 Å². The van der Waals surface area contributed by atoms with Crippen molar-refractivity contribution in [1.29, 1.82) is 0 Å². The number of aliphatic hydroxyl groups is 1. The molecular weight excluding hydrogens is 224 g/mol. The molecule has 0 fully saturated rings. The van der Waals surface area contributed by atoms with E-state index in [2.05, 4.69) is 0 Å². The van der Waals surface area contributed by atoms with Crippen LogP contribution in [0.2, 0.25) is 0 Å². The molecule has 0 aliphatic carbocycles. The number of para-hydroxylation sites is 1. The molecule has 2 heteroatoms. The maximum absolute atomic E-state index is 10.5. The fourth-order valence-corrected chi connectivity index (χ4v) is 2.44. The average Bonchev–Trinajstić information content (AvgIpc) is 2.82. The van der Waals surface area contributed by atoms with Gasteiger partial charge in [-0.2, -0.15) is 0 Å². The number of fused-ring (bicyclic) bond motifs is 1. The lowest BCUT2D eigenvalue weighted by Gasteiger charge is -2.17. The molecule has 0 amide bonds. The largest absolute Gasteiger partial charge is 0.493 e. The van der Waals surface area contributed by atoms with Crippen LogP contribution in [0.4, 0.5) is 0 Å². The first-order chi connectivity index (χ1) is 8.75. The molecule has 1 aliphatic rings. The van der Waals surface area contributed by atoms with Crippen molar-refractivity contribution in [3.05, 3.63) is 65.2 Å². The van der Waals surface area contributed by atoms with E-state index in [1.54, 1.807) is 0 Å². The molecule has 0 spiro atoms. The van der Waals surface area contributed by atoms with E-state index in [4.69, 9.17) is 4.74 Å². The molecule has 0 bridgehead atoms. The zero-order valence-corrected chi connectivity index (χ0v) is 10.3. The van der Waals surface area contributed by atoms with Crippen molar-refractivity contribution >= 4 is 0 Å². The first-order valence-corrected chi connectivity index (χ1v) is 6.22. The fourth-order valence-electron chi connectivity index (χ4n) is 2.44. The highest BCUT2D eigenvalue weighted by molar-refractivity contribution is 5.41. The summed E-state index contributed by atoms with van der Waals surface area (Å²) in [5, 5.41) is 10.5. The lowest BCUT2D eigenvalue weighted by molar-refractivity contribution is 0.130. The zero-order chi connectivity index (χ0) is 12.5. The van der Waals surface area contributed by atoms with Gasteiger partial charge in [0.2, 0.25) is 0 Å². The third-order valence-electron chi connectivity index (χ3n) is 3.54. The van der Waals surface area contributed by atoms with Crippen molar-refractivity contribution < 1.29 is 9.84 Å². The summed E-state index contributed by atoms with van der Waals surface area (Å²) in [7, 11) is 0. The summed E-state index contributed by atoms with van der Waals surface area (Å²) in [4.78, 5) is 0. The second kappa shape index (κ2) is 4.46. The minimum atomic E-state index is -0.505. The van der Waals surface area contributed by atoms with Crippen LogP contribution in [0.25, 0.3) is 0 Å². The van der Waals surface area contributed by atoms with E-state index in [0.29, 0.717) is 6.61 Å². The molecule has 2 aromatic rings. The van der Waals surface area contributed by atoms with E-state index in [0.717, 1.165) is 16.9 Å². The zero-order valence-electron chi connectivity index (χ0n) is 10.3. The molecule has 92 valence electrons. The van der Waals surface area contributed by atoms with Gasteiger partial charge in [-0.1, -0.05) is 48.0 Å². The van der Waals surface area contributed by atoms with Gasteiger partial charge in [0.05, 0.1) is 18.6 Å². The Morgan fingerprint density at radius 2 is 1.83 bits per heavy atom. The molecule has 2 unspecified atom stereocenters. The number of aryl methyl sites for hydroxylation is 1. The highest BCUT2D eigenvalue weighted by atomic mass is 16.5. The lowest BCUT2D eigenvalue weighted by atomic mass is 9.90. The van der Waals surface area contributed by atoms with Crippen molar-refractivity contribution in [2.24, 2.45) is 0 Å². The van der Waals surface area contributed by atoms with Crippen LogP contribution in [0.3, 0.4) is 0 Å². The third kappa shape index (κ3) is 1.89. The van der Waals surface area contributed by atoms with Crippen molar-refractivity contribution in [2.75, 3.05) is 6.61 Å². The standard InChI is InChI=1S/C16H16O2/c1-11-6-8-12(9-7-11)16(17)14-10-18-15-5-3-2-4-13(14)15/h2-9,14,16-17H,10H2,1H3. The molecule has 3 rings (SSSR count). The summed E-state index contributed by atoms with van der Waals surface area (Å²) in [6, 6.07) is 16.0. The van der Waals surface area contributed by atoms with Crippen LogP contribution >= 0.6 is 0 Å². The lowest BCUT2D eigenvalue weighted by Crippen LogP contribution is -2.12. The second-order valence-electron chi connectivity index (χ2n) is 4.81. The van der Waals surface area contributed by atoms with Crippen molar-refractivity contribution in [3.63, 3.8) is 0 Å². The van der Waals surface area contributed by atoms with Crippen LogP contribution in [0.15, 0.2) is 48.5 Å². The van der Waals surface area contributed by atoms with Crippen LogP contribution in [0.5, 0.6) is 5.75 Å². The van der Waals surface area contributed by atoms with Gasteiger partial charge in [-0.15, -0.1) is 0 Å². The molecule has 0 aromatic heterocycles. The number of rotatable bonds is 2. The summed E-state index contributed by atoms with van der Waals surface area (Å²) in [5.41, 5.74) is 3.26. The van der Waals surface area contributed by atoms with Gasteiger partial charge in [-0.3, -0.25) is 0 Å². The monoisotopic (exact) mass is 240 g/mol. The van der Waals surface area contributed by atoms with Gasteiger partial charge < -0.3 is 9.84 Å². The smallest absolute Gasteiger partial charge is 0.123 e. The molecule has 1 N–H and O–H groups in total. The Bertz CT molecular complexity index is 545. The maximum Gasteiger partial charge on any atom is 0.123 e. The van der Waals surface area contributed by atoms with Crippen molar-refractivity contribution in [3.8, 4) is 5.75 Å². The van der Waals surface area contributed by atoms with Gasteiger partial charge in [0.15, 0.2) is 0 Å². The molecule has 2 nitrogen and oxygen atoms in total. The second-order valence-corrected chi connectivity index (χ2v) is 4.81. The fraction of sp³-hybridized carbons (Fsp3) is 0.250. The van der Waals surface area contributed by atoms with E-state index in [9.17, 15) is 5.11 Å². The molecule has 0 radical (unpaired) electrons. The van der Waals surface area contributed by atoms with E-state index in [1.807, 2.05) is 55.5 Å². The molecule has 1 heterocycles. The van der Waals surface area contributed by atoms with Gasteiger partial charge >= 0.3 is 0 Å². The summed E-state index contributed by atoms with van der Waals surface area (Å²) >= 11 is 0. The van der Waals surface area contributed by atoms with Crippen LogP contribution in [-0.4, -0.2) is 11.7 Å². The average molecular weight is 240 g/mol. The third-order valence-corrected chi connectivity index (χ3v) is 3.54. The summed E-state index contributed by atoms with van der Waals surface area (Å²) in [5.74, 6) is 0.928. The van der Waals surface area contributed by atoms with Gasteiger partial charge in [-0.25, -0.2) is 0 Å². The van der Waals surface area contributed by atoms with Crippen molar-refractivity contribution in [1.82, 2.24) is 0 Å². The van der Waals surface area contributed by atoms with Gasteiger partial charge in [-0.05, 0) is 18.6 Å². The Hall–Kier alpha value is -1.80. The van der Waals surface area contributed by atoms with Crippen LogP contribution in [0.1, 0.15) is 28.7 Å². The first kappa shape index (κ1) is 11.3. The normalized spacial score (nSPS) is 19.1. The molecule has 2 aromatic carbocycles. The Labute approximate surface area is 107 Å². The van der Waals surface area contributed by atoms with E-state index < -0.39 is 6.10 Å². The summed E-state index contributed by atoms with van der Waals surface area (Å²) in [6.45, 7) is 2.60. The molecular formula is C16H16O2. The highest BCUT2D eigenvalue weighted by Gasteiger charge is 2.30. The first-order valence-electron chi connectivity index (χ1n) is 6.22. The SMILES string of the molecule is Cc1ccc(C(O)C2COc3ccccc32)cc1. The molecule has 1 aliphatic heterocycles. The predicted octanol–water partition coefficient (Wildman–Crippen LogP) is 3.20. The minimum Gasteiger partial charge on any atom is -0.493 e. The van der Waals surface area contributed by atoms with Crippen LogP contribution < -0.4 is 4.74 Å². The van der Waals surface area contributed by atoms with Crippen molar-refractivity contribution in [2.45, 2.75) is 18.9 Å². The Balaban J connectivity index is 1.90. The quantitative estimate of drug-likeness (QED) is 0.873. The molecule has 18 heavy (non-hydrogen) atoms. The Kier molecular flexibility index (Phi) is 2.80. The number of ether oxygens (including phenoxy) is 1. The van der Waals surface area contributed by atoms with E-state index >= 15 is 0 Å². The number of benzene rings is 2.